The van der Waals surface area contributed by atoms with Crippen molar-refractivity contribution in [3.63, 3.8) is 0 Å². The highest BCUT2D eigenvalue weighted by Gasteiger charge is 2.15. The van der Waals surface area contributed by atoms with E-state index in [4.69, 9.17) is 28.9 Å². The van der Waals surface area contributed by atoms with Crippen molar-refractivity contribution in [2.45, 2.75) is 26.3 Å². The van der Waals surface area contributed by atoms with Crippen LogP contribution >= 0.6 is 35.6 Å². The Kier molecular flexibility index (Phi) is 6.53. The fourth-order valence-electron chi connectivity index (χ4n) is 1.40. The van der Waals surface area contributed by atoms with Crippen molar-refractivity contribution in [2.75, 3.05) is 0 Å². The molecule has 5 heteroatoms. The van der Waals surface area contributed by atoms with Crippen molar-refractivity contribution < 1.29 is 0 Å². The molecular formula is C10H15Cl3N2. The van der Waals surface area contributed by atoms with Crippen molar-refractivity contribution in [3.8, 4) is 0 Å². The summed E-state index contributed by atoms with van der Waals surface area (Å²) in [6.07, 6.45) is 4.01. The molecule has 1 atom stereocenters. The van der Waals surface area contributed by atoms with Gasteiger partial charge < -0.3 is 5.73 Å². The third-order valence-corrected chi connectivity index (χ3v) is 2.59. The van der Waals surface area contributed by atoms with Gasteiger partial charge in [-0.1, -0.05) is 37.0 Å². The van der Waals surface area contributed by atoms with Gasteiger partial charge in [0, 0.05) is 24.0 Å². The lowest BCUT2D eigenvalue weighted by atomic mass is 9.99. The SMILES string of the molecule is CC(C)C[C@@H](N)c1c(Cl)cncc1Cl.Cl. The Balaban J connectivity index is 0.00000196. The molecule has 0 aliphatic carbocycles. The average Bonchev–Trinajstić information content (AvgIpc) is 2.01. The maximum absolute atomic E-state index is 6.00. The number of rotatable bonds is 3. The van der Waals surface area contributed by atoms with Crippen molar-refractivity contribution in [3.05, 3.63) is 28.0 Å². The topological polar surface area (TPSA) is 38.9 Å². The highest BCUT2D eigenvalue weighted by molar-refractivity contribution is 6.35. The Morgan fingerprint density at radius 1 is 1.27 bits per heavy atom. The molecule has 0 saturated heterocycles. The van der Waals surface area contributed by atoms with Gasteiger partial charge in [0.2, 0.25) is 0 Å². The van der Waals surface area contributed by atoms with Crippen molar-refractivity contribution in [2.24, 2.45) is 11.7 Å². The van der Waals surface area contributed by atoms with Crippen LogP contribution in [-0.2, 0) is 0 Å². The van der Waals surface area contributed by atoms with Gasteiger partial charge in [-0.05, 0) is 12.3 Å². The van der Waals surface area contributed by atoms with E-state index in [1.54, 1.807) is 12.4 Å². The zero-order valence-electron chi connectivity index (χ0n) is 8.71. The highest BCUT2D eigenvalue weighted by Crippen LogP contribution is 2.30. The largest absolute Gasteiger partial charge is 0.324 e. The number of halogens is 3. The molecule has 0 radical (unpaired) electrons. The van der Waals surface area contributed by atoms with Crippen molar-refractivity contribution in [1.29, 1.82) is 0 Å². The first-order valence-electron chi connectivity index (χ1n) is 4.56. The minimum Gasteiger partial charge on any atom is -0.324 e. The van der Waals surface area contributed by atoms with Gasteiger partial charge in [0.05, 0.1) is 10.0 Å². The summed E-state index contributed by atoms with van der Waals surface area (Å²) in [6.45, 7) is 4.23. The first kappa shape index (κ1) is 15.0. The van der Waals surface area contributed by atoms with Gasteiger partial charge in [0.15, 0.2) is 0 Å². The van der Waals surface area contributed by atoms with Crippen LogP contribution in [-0.4, -0.2) is 4.98 Å². The molecule has 86 valence electrons. The molecule has 0 aromatic carbocycles. The molecule has 2 nitrogen and oxygen atoms in total. The van der Waals surface area contributed by atoms with Crippen LogP contribution in [0.2, 0.25) is 10.0 Å². The van der Waals surface area contributed by atoms with Crippen LogP contribution in [0.25, 0.3) is 0 Å². The fraction of sp³-hybridized carbons (Fsp3) is 0.500. The molecule has 0 spiro atoms. The Hall–Kier alpha value is -0.0200. The number of nitrogens with two attached hydrogens (primary N) is 1. The zero-order chi connectivity index (χ0) is 10.7. The van der Waals surface area contributed by atoms with E-state index in [0.717, 1.165) is 12.0 Å². The summed E-state index contributed by atoms with van der Waals surface area (Å²) in [5, 5.41) is 1.09. The molecule has 0 aliphatic heterocycles. The standard InChI is InChI=1S/C10H14Cl2N2.ClH/c1-6(2)3-9(13)10-7(11)4-14-5-8(10)12;/h4-6,9H,3,13H2,1-2H3;1H/t9-;/m1./s1. The first-order chi connectivity index (χ1) is 6.52. The second-order valence-electron chi connectivity index (χ2n) is 3.75. The second kappa shape index (κ2) is 6.54. The van der Waals surface area contributed by atoms with Gasteiger partial charge in [0.25, 0.3) is 0 Å². The molecule has 0 saturated carbocycles. The first-order valence-corrected chi connectivity index (χ1v) is 5.32. The van der Waals surface area contributed by atoms with Crippen molar-refractivity contribution >= 4 is 35.6 Å². The molecule has 2 N–H and O–H groups in total. The summed E-state index contributed by atoms with van der Waals surface area (Å²) in [7, 11) is 0. The molecule has 0 unspecified atom stereocenters. The molecule has 0 amide bonds. The summed E-state index contributed by atoms with van der Waals surface area (Å²) in [6, 6.07) is -0.113. The highest BCUT2D eigenvalue weighted by atomic mass is 35.5. The Bertz CT molecular complexity index is 295. The van der Waals surface area contributed by atoms with Crippen LogP contribution < -0.4 is 5.73 Å². The maximum Gasteiger partial charge on any atom is 0.0651 e. The van der Waals surface area contributed by atoms with Gasteiger partial charge in [-0.25, -0.2) is 0 Å². The van der Waals surface area contributed by atoms with E-state index >= 15 is 0 Å². The zero-order valence-corrected chi connectivity index (χ0v) is 11.0. The predicted octanol–water partition coefficient (Wildman–Crippen LogP) is 3.86. The predicted molar refractivity (Wildman–Crippen MR) is 67.9 cm³/mol. The minimum absolute atomic E-state index is 0. The monoisotopic (exact) mass is 268 g/mol. The Morgan fingerprint density at radius 3 is 2.13 bits per heavy atom. The van der Waals surface area contributed by atoms with E-state index in [-0.39, 0.29) is 18.4 Å². The molecule has 1 aromatic heterocycles. The third kappa shape index (κ3) is 4.15. The van der Waals surface area contributed by atoms with Crippen LogP contribution in [0.15, 0.2) is 12.4 Å². The quantitative estimate of drug-likeness (QED) is 0.905. The van der Waals surface area contributed by atoms with Crippen LogP contribution in [0.5, 0.6) is 0 Å². The lowest BCUT2D eigenvalue weighted by Crippen LogP contribution is -2.14. The summed E-state index contributed by atoms with van der Waals surface area (Å²) in [4.78, 5) is 3.89. The van der Waals surface area contributed by atoms with Crippen LogP contribution in [0.1, 0.15) is 31.9 Å². The molecule has 1 aromatic rings. The van der Waals surface area contributed by atoms with E-state index in [0.29, 0.717) is 16.0 Å². The molecule has 1 rings (SSSR count). The summed E-state index contributed by atoms with van der Waals surface area (Å²) in [5.74, 6) is 0.519. The van der Waals surface area contributed by atoms with E-state index in [2.05, 4.69) is 18.8 Å². The number of aromatic nitrogens is 1. The normalized spacial score (nSPS) is 12.4. The van der Waals surface area contributed by atoms with Crippen molar-refractivity contribution in [1.82, 2.24) is 4.98 Å². The molecule has 0 bridgehead atoms. The van der Waals surface area contributed by atoms with Gasteiger partial charge >= 0.3 is 0 Å². The summed E-state index contributed by atoms with van der Waals surface area (Å²) in [5.41, 5.74) is 6.80. The van der Waals surface area contributed by atoms with Gasteiger partial charge in [-0.3, -0.25) is 4.98 Å². The lowest BCUT2D eigenvalue weighted by molar-refractivity contribution is 0.510. The second-order valence-corrected chi connectivity index (χ2v) is 4.57. The maximum atomic E-state index is 6.00. The van der Waals surface area contributed by atoms with Gasteiger partial charge in [-0.2, -0.15) is 0 Å². The molecule has 0 aliphatic rings. The molecule has 15 heavy (non-hydrogen) atoms. The number of hydrogen-bond donors (Lipinski definition) is 1. The average molecular weight is 270 g/mol. The van der Waals surface area contributed by atoms with E-state index in [9.17, 15) is 0 Å². The minimum atomic E-state index is -0.113. The number of nitrogens with zero attached hydrogens (tertiary/aromatic N) is 1. The lowest BCUT2D eigenvalue weighted by Gasteiger charge is -2.16. The van der Waals surface area contributed by atoms with Crippen LogP contribution in [0.3, 0.4) is 0 Å². The Labute approximate surface area is 107 Å². The van der Waals surface area contributed by atoms with E-state index in [1.165, 1.54) is 0 Å². The fourth-order valence-corrected chi connectivity index (χ4v) is 2.05. The number of pyridine rings is 1. The van der Waals surface area contributed by atoms with Gasteiger partial charge in [0.1, 0.15) is 0 Å². The third-order valence-electron chi connectivity index (χ3n) is 1.99. The van der Waals surface area contributed by atoms with Gasteiger partial charge in [-0.15, -0.1) is 12.4 Å². The summed E-state index contributed by atoms with van der Waals surface area (Å²) >= 11 is 12.0. The van der Waals surface area contributed by atoms with E-state index in [1.807, 2.05) is 0 Å². The number of hydrogen-bond acceptors (Lipinski definition) is 2. The van der Waals surface area contributed by atoms with E-state index < -0.39 is 0 Å². The molecule has 0 fully saturated rings. The van der Waals surface area contributed by atoms with Crippen LogP contribution in [0.4, 0.5) is 0 Å². The molecule has 1 heterocycles. The van der Waals surface area contributed by atoms with Crippen LogP contribution in [0, 0.1) is 5.92 Å². The Morgan fingerprint density at radius 2 is 1.73 bits per heavy atom. The smallest absolute Gasteiger partial charge is 0.0651 e. The summed E-state index contributed by atoms with van der Waals surface area (Å²) < 4.78 is 0. The molecular weight excluding hydrogens is 254 g/mol.